The van der Waals surface area contributed by atoms with Gasteiger partial charge in [-0.05, 0) is 39.0 Å². The molecule has 4 aromatic heterocycles. The fourth-order valence-electron chi connectivity index (χ4n) is 9.74. The van der Waals surface area contributed by atoms with Crippen molar-refractivity contribution in [3.8, 4) is 34.1 Å². The van der Waals surface area contributed by atoms with Crippen molar-refractivity contribution in [2.45, 2.75) is 112 Å². The van der Waals surface area contributed by atoms with Gasteiger partial charge in [0.05, 0.1) is 0 Å². The van der Waals surface area contributed by atoms with Crippen LogP contribution in [0, 0.1) is 29.8 Å². The Morgan fingerprint density at radius 3 is 2.03 bits per heavy atom. The third-order valence-corrected chi connectivity index (χ3v) is 14.9. The first-order valence-corrected chi connectivity index (χ1v) is 24.3. The molecular weight excluding hydrogens is 976 g/mol. The van der Waals surface area contributed by atoms with Gasteiger partial charge in [-0.2, -0.15) is 0 Å². The zero-order valence-electron chi connectivity index (χ0n) is 39.4. The number of aromatic nitrogens is 4. The molecule has 2 aliphatic heterocycles. The van der Waals surface area contributed by atoms with Gasteiger partial charge in [0.1, 0.15) is 0 Å². The number of pyridine rings is 2. The summed E-state index contributed by atoms with van der Waals surface area (Å²) in [5.74, 6) is 2.41. The molecule has 65 heavy (non-hydrogen) atoms. The molecule has 0 unspecified atom stereocenters. The second kappa shape index (κ2) is 16.3. The number of imidazole rings is 1. The molecule has 6 heterocycles. The fourth-order valence-corrected chi connectivity index (χ4v) is 10.8. The summed E-state index contributed by atoms with van der Waals surface area (Å²) < 4.78 is 14.8. The number of fused-ring (bicyclic) bond motifs is 3. The van der Waals surface area contributed by atoms with E-state index in [9.17, 15) is 0 Å². The summed E-state index contributed by atoms with van der Waals surface area (Å²) in [5.41, 5.74) is 18.9. The van der Waals surface area contributed by atoms with E-state index >= 15 is 0 Å². The summed E-state index contributed by atoms with van der Waals surface area (Å²) in [6, 6.07) is 45.3. The summed E-state index contributed by atoms with van der Waals surface area (Å²) in [6.07, 6.45) is 8.32. The molecule has 332 valence electrons. The molecule has 0 saturated heterocycles. The van der Waals surface area contributed by atoms with Gasteiger partial charge in [-0.25, -0.2) is 0 Å². The minimum atomic E-state index is -0.00685. The van der Waals surface area contributed by atoms with E-state index in [1.807, 2.05) is 12.1 Å². The Balaban J connectivity index is 1.04. The monoisotopic (exact) mass is 1030 g/mol. The third kappa shape index (κ3) is 7.84. The Morgan fingerprint density at radius 2 is 1.32 bits per heavy atom. The van der Waals surface area contributed by atoms with Gasteiger partial charge in [0, 0.05) is 11.8 Å². The Labute approximate surface area is 395 Å². The van der Waals surface area contributed by atoms with E-state index in [0.29, 0.717) is 11.5 Å². The Kier molecular flexibility index (Phi) is 10.8. The van der Waals surface area contributed by atoms with Crippen LogP contribution in [0.4, 0.5) is 0 Å². The normalized spacial score (nSPS) is 13.4. The molecule has 4 aliphatic rings. The van der Waals surface area contributed by atoms with Crippen LogP contribution in [0.5, 0.6) is 11.5 Å². The van der Waals surface area contributed by atoms with Crippen molar-refractivity contribution < 1.29 is 24.1 Å². The van der Waals surface area contributed by atoms with Gasteiger partial charge in [0.15, 0.2) is 0 Å². The van der Waals surface area contributed by atoms with Gasteiger partial charge >= 0.3 is 261 Å². The number of ether oxygens (including phenoxy) is 1. The molecule has 0 radical (unpaired) electrons. The van der Waals surface area contributed by atoms with E-state index in [1.165, 1.54) is 66.7 Å². The van der Waals surface area contributed by atoms with Crippen molar-refractivity contribution in [2.75, 3.05) is 0 Å². The first kappa shape index (κ1) is 43.1. The van der Waals surface area contributed by atoms with E-state index in [1.54, 1.807) is 0 Å². The Hall–Kier alpha value is -5.77. The third-order valence-electron chi connectivity index (χ3n) is 13.8. The predicted octanol–water partition coefficient (Wildman–Crippen LogP) is 14.6. The molecule has 2 aliphatic carbocycles. The number of hydrogen-bond acceptors (Lipinski definition) is 2. The summed E-state index contributed by atoms with van der Waals surface area (Å²) >= 11 is 2.49. The van der Waals surface area contributed by atoms with Crippen molar-refractivity contribution in [1.82, 2.24) is 18.5 Å². The first-order chi connectivity index (χ1) is 31.0. The summed E-state index contributed by atoms with van der Waals surface area (Å²) in [6.45, 7) is 22.7. The topological polar surface area (TPSA) is 36.4 Å². The average Bonchev–Trinajstić information content (AvgIpc) is 3.79. The standard InChI is InChI=1S/C59H58N4O.Pt/c1-37(2)51-33-57(60-34-53(51)42-18-22-44(23-19-42)58(5,6)7)63-54-29-24-45(59(8,9)10)30-52(54)50-28-27-49(32-55(50)63)64-48-13-11-12-47(31-48)61-35-56-43-17-16-40-14-15-41(39(4)38(40)3)20-25-46(26-21-43)62(56)36-61;/h11-15,18-19,21-24,26-30,33-35,37H,16-17,20,25H2,1-10H3;/q-2;. The number of aryl methyl sites for hydroxylation is 4. The SMILES string of the molecule is Cc1c2ccc(c1C)CCc1ccc(c3cn(-c4[c-]c(Oc5[c-]c6c(cc5)c5cc(C(C)(C)C)ccc5n6-c5cc(C(C)C)c(-c6ccc(C(C)(C)C)cc6)cn5)ccc4)[c](=[Pt])n13)CC2. The molecule has 5 aromatic carbocycles. The van der Waals surface area contributed by atoms with Crippen LogP contribution in [0.15, 0.2) is 116 Å². The van der Waals surface area contributed by atoms with Gasteiger partial charge in [0.2, 0.25) is 0 Å². The van der Waals surface area contributed by atoms with Crippen LogP contribution in [0.3, 0.4) is 0 Å². The molecule has 0 N–H and O–H groups in total. The first-order valence-electron chi connectivity index (χ1n) is 23.1. The summed E-state index contributed by atoms with van der Waals surface area (Å²) in [7, 11) is 0. The molecule has 0 saturated carbocycles. The quantitative estimate of drug-likeness (QED) is 0.156. The zero-order chi connectivity index (χ0) is 45.5. The van der Waals surface area contributed by atoms with Crippen molar-refractivity contribution in [1.29, 1.82) is 0 Å². The maximum atomic E-state index is 6.73. The summed E-state index contributed by atoms with van der Waals surface area (Å²) in [5, 5.41) is 2.29. The number of rotatable bonds is 6. The van der Waals surface area contributed by atoms with Crippen molar-refractivity contribution >= 4 is 27.3 Å². The van der Waals surface area contributed by atoms with Crippen LogP contribution < -0.4 is 4.74 Å². The molecule has 9 aromatic rings. The molecule has 0 atom stereocenters. The molecular formula is C59H58N4OPt-2. The van der Waals surface area contributed by atoms with Crippen LogP contribution >= 0.6 is 0 Å². The van der Waals surface area contributed by atoms with E-state index < -0.39 is 0 Å². The molecule has 0 amide bonds. The van der Waals surface area contributed by atoms with E-state index in [4.69, 9.17) is 9.72 Å². The Morgan fingerprint density at radius 1 is 0.662 bits per heavy atom. The van der Waals surface area contributed by atoms with E-state index in [0.717, 1.165) is 63.0 Å². The van der Waals surface area contributed by atoms with Gasteiger partial charge in [0.25, 0.3) is 0 Å². The van der Waals surface area contributed by atoms with E-state index in [-0.39, 0.29) is 16.7 Å². The van der Waals surface area contributed by atoms with Crippen molar-refractivity contribution in [3.05, 3.63) is 182 Å². The van der Waals surface area contributed by atoms with Gasteiger partial charge in [-0.15, -0.1) is 0 Å². The van der Waals surface area contributed by atoms with Crippen molar-refractivity contribution in [2.24, 2.45) is 0 Å². The average molecular weight is 1030 g/mol. The Bertz CT molecular complexity index is 3380. The minimum absolute atomic E-state index is 0.00685. The predicted molar refractivity (Wildman–Crippen MR) is 264 cm³/mol. The molecule has 5 nitrogen and oxygen atoms in total. The van der Waals surface area contributed by atoms with Gasteiger partial charge in [-0.3, -0.25) is 0 Å². The van der Waals surface area contributed by atoms with Crippen LogP contribution in [0.1, 0.15) is 112 Å². The van der Waals surface area contributed by atoms with Crippen LogP contribution in [-0.4, -0.2) is 18.5 Å². The van der Waals surface area contributed by atoms with E-state index in [2.05, 4.69) is 218 Å². The molecule has 13 rings (SSSR count). The van der Waals surface area contributed by atoms with Gasteiger partial charge in [-0.1, -0.05) is 85.7 Å². The van der Waals surface area contributed by atoms with Gasteiger partial charge < -0.3 is 0 Å². The second-order valence-corrected chi connectivity index (χ2v) is 21.5. The zero-order valence-corrected chi connectivity index (χ0v) is 41.7. The number of nitrogens with zero attached hydrogens (tertiary/aromatic N) is 4. The fraction of sp³-hybridized carbons (Fsp3) is 0.288. The maximum absolute atomic E-state index is 6.73. The molecule has 0 spiro atoms. The number of hydrogen-bond donors (Lipinski definition) is 0. The van der Waals surface area contributed by atoms with Crippen LogP contribution in [0.25, 0.3) is 50.0 Å². The van der Waals surface area contributed by atoms with Crippen molar-refractivity contribution in [3.63, 3.8) is 0 Å². The second-order valence-electron chi connectivity index (χ2n) is 20.5. The molecule has 6 heteroatoms. The molecule has 0 fully saturated rings. The summed E-state index contributed by atoms with van der Waals surface area (Å²) in [4.78, 5) is 5.22. The number of benzene rings is 5. The van der Waals surface area contributed by atoms with Crippen LogP contribution in [0.2, 0.25) is 0 Å². The van der Waals surface area contributed by atoms with Crippen LogP contribution in [-0.2, 0) is 55.9 Å². The molecule has 4 bridgehead atoms.